The third-order valence-electron chi connectivity index (χ3n) is 1.00. The number of carboxylic acid groups (broad SMARTS) is 1. The predicted octanol–water partition coefficient (Wildman–Crippen LogP) is 2.64. The first-order valence-electron chi connectivity index (χ1n) is 3.73. The van der Waals surface area contributed by atoms with Crippen molar-refractivity contribution >= 4 is 27.6 Å². The highest BCUT2D eigenvalue weighted by Crippen LogP contribution is 2.29. The maximum Gasteiger partial charge on any atom is 0.303 e. The molecule has 66 valence electrons. The maximum atomic E-state index is 9.60. The highest BCUT2D eigenvalue weighted by Gasteiger charge is 1.96. The van der Waals surface area contributed by atoms with E-state index in [2.05, 4.69) is 0 Å². The second kappa shape index (κ2) is 8.27. The second-order valence-corrected chi connectivity index (χ2v) is 4.84. The van der Waals surface area contributed by atoms with Crippen LogP contribution in [-0.4, -0.2) is 22.6 Å². The fourth-order valence-electron chi connectivity index (χ4n) is 0.508. The third kappa shape index (κ3) is 10.2. The summed E-state index contributed by atoms with van der Waals surface area (Å²) in [6.07, 6.45) is 2.45. The van der Waals surface area contributed by atoms with Gasteiger partial charge in [0.05, 0.1) is 0 Å². The molecule has 1 fully saturated rings. The van der Waals surface area contributed by atoms with E-state index in [0.717, 1.165) is 6.42 Å². The van der Waals surface area contributed by atoms with Crippen LogP contribution in [0.3, 0.4) is 0 Å². The molecule has 0 aromatic carbocycles. The molecule has 1 saturated heterocycles. The Hall–Kier alpha value is 0.170. The van der Waals surface area contributed by atoms with Gasteiger partial charge in [0.15, 0.2) is 0 Å². The van der Waals surface area contributed by atoms with Crippen molar-refractivity contribution in [3.8, 4) is 0 Å². The van der Waals surface area contributed by atoms with Gasteiger partial charge in [0, 0.05) is 17.9 Å². The Morgan fingerprint density at radius 1 is 1.45 bits per heavy atom. The quantitative estimate of drug-likeness (QED) is 0.686. The van der Waals surface area contributed by atoms with Gasteiger partial charge in [0.2, 0.25) is 0 Å². The SMILES string of the molecule is C1CSSC1.CCCC(=O)O. The van der Waals surface area contributed by atoms with E-state index in [4.69, 9.17) is 5.11 Å². The lowest BCUT2D eigenvalue weighted by atomic mass is 10.4. The molecule has 4 heteroatoms. The van der Waals surface area contributed by atoms with Crippen LogP contribution in [0.15, 0.2) is 0 Å². The zero-order valence-electron chi connectivity index (χ0n) is 6.71. The minimum atomic E-state index is -0.711. The zero-order chi connectivity index (χ0) is 8.53. The van der Waals surface area contributed by atoms with Crippen LogP contribution in [-0.2, 0) is 4.79 Å². The minimum Gasteiger partial charge on any atom is -0.481 e. The summed E-state index contributed by atoms with van der Waals surface area (Å²) in [7, 11) is 3.98. The van der Waals surface area contributed by atoms with Crippen molar-refractivity contribution in [2.24, 2.45) is 0 Å². The molecule has 0 radical (unpaired) electrons. The molecular weight excluding hydrogens is 180 g/mol. The molecular formula is C7H14O2S2. The third-order valence-corrected chi connectivity index (χ3v) is 3.58. The van der Waals surface area contributed by atoms with Crippen LogP contribution in [0.2, 0.25) is 0 Å². The fraction of sp³-hybridized carbons (Fsp3) is 0.857. The largest absolute Gasteiger partial charge is 0.481 e. The van der Waals surface area contributed by atoms with Crippen LogP contribution in [0.5, 0.6) is 0 Å². The fourth-order valence-corrected chi connectivity index (χ4v) is 2.87. The van der Waals surface area contributed by atoms with Crippen molar-refractivity contribution < 1.29 is 9.90 Å². The van der Waals surface area contributed by atoms with Crippen molar-refractivity contribution in [1.82, 2.24) is 0 Å². The number of rotatable bonds is 2. The van der Waals surface area contributed by atoms with Crippen LogP contribution < -0.4 is 0 Å². The molecule has 1 rings (SSSR count). The topological polar surface area (TPSA) is 37.3 Å². The average Bonchev–Trinajstić information content (AvgIpc) is 2.41. The first-order chi connectivity index (χ1) is 5.27. The molecule has 2 nitrogen and oxygen atoms in total. The van der Waals surface area contributed by atoms with Crippen molar-refractivity contribution in [2.45, 2.75) is 26.2 Å². The second-order valence-electron chi connectivity index (χ2n) is 2.14. The summed E-state index contributed by atoms with van der Waals surface area (Å²) >= 11 is 0. The summed E-state index contributed by atoms with van der Waals surface area (Å²) in [5, 5.41) is 7.91. The molecule has 0 saturated carbocycles. The number of carboxylic acids is 1. The van der Waals surface area contributed by atoms with Crippen molar-refractivity contribution in [3.05, 3.63) is 0 Å². The normalized spacial score (nSPS) is 15.4. The molecule has 0 aromatic heterocycles. The zero-order valence-corrected chi connectivity index (χ0v) is 8.34. The van der Waals surface area contributed by atoms with Crippen LogP contribution in [0.1, 0.15) is 26.2 Å². The van der Waals surface area contributed by atoms with Gasteiger partial charge in [-0.15, -0.1) is 0 Å². The maximum absolute atomic E-state index is 9.60. The first-order valence-corrected chi connectivity index (χ1v) is 6.22. The van der Waals surface area contributed by atoms with Crippen LogP contribution in [0, 0.1) is 0 Å². The van der Waals surface area contributed by atoms with Gasteiger partial charge in [-0.2, -0.15) is 0 Å². The lowest BCUT2D eigenvalue weighted by Crippen LogP contribution is -1.90. The van der Waals surface area contributed by atoms with E-state index >= 15 is 0 Å². The summed E-state index contributed by atoms with van der Waals surface area (Å²) in [4.78, 5) is 9.60. The van der Waals surface area contributed by atoms with E-state index in [1.54, 1.807) is 0 Å². The standard InChI is InChI=1S/C4H8O2.C3H6S2/c1-2-3-4(5)6;1-2-4-5-3-1/h2-3H2,1H3,(H,5,6);1-3H2. The molecule has 0 unspecified atom stereocenters. The summed E-state index contributed by atoms with van der Waals surface area (Å²) in [6, 6.07) is 0. The van der Waals surface area contributed by atoms with Gasteiger partial charge in [0.1, 0.15) is 0 Å². The van der Waals surface area contributed by atoms with E-state index in [-0.39, 0.29) is 0 Å². The van der Waals surface area contributed by atoms with E-state index in [0.29, 0.717) is 6.42 Å². The van der Waals surface area contributed by atoms with Gasteiger partial charge in [-0.3, -0.25) is 4.79 Å². The molecule has 0 spiro atoms. The molecule has 1 aliphatic heterocycles. The van der Waals surface area contributed by atoms with E-state index in [9.17, 15) is 4.79 Å². The molecule has 0 atom stereocenters. The Morgan fingerprint density at radius 2 is 2.00 bits per heavy atom. The molecule has 0 bridgehead atoms. The molecule has 0 amide bonds. The molecule has 1 aliphatic rings. The van der Waals surface area contributed by atoms with Gasteiger partial charge in [0.25, 0.3) is 0 Å². The number of carbonyl (C=O) groups is 1. The van der Waals surface area contributed by atoms with Crippen LogP contribution in [0.4, 0.5) is 0 Å². The monoisotopic (exact) mass is 194 g/mol. The Labute approximate surface area is 75.5 Å². The number of hydrogen-bond acceptors (Lipinski definition) is 3. The molecule has 1 heterocycles. The van der Waals surface area contributed by atoms with E-state index in [1.807, 2.05) is 28.5 Å². The van der Waals surface area contributed by atoms with Gasteiger partial charge < -0.3 is 5.11 Å². The number of hydrogen-bond donors (Lipinski definition) is 1. The summed E-state index contributed by atoms with van der Waals surface area (Å²) < 4.78 is 0. The molecule has 1 N–H and O–H groups in total. The van der Waals surface area contributed by atoms with Gasteiger partial charge in [-0.25, -0.2) is 0 Å². The minimum absolute atomic E-state index is 0.292. The van der Waals surface area contributed by atoms with E-state index in [1.165, 1.54) is 17.9 Å². The summed E-state index contributed by atoms with van der Waals surface area (Å²) in [6.45, 7) is 1.84. The Balaban J connectivity index is 0.000000183. The van der Waals surface area contributed by atoms with Crippen LogP contribution in [0.25, 0.3) is 0 Å². The summed E-state index contributed by atoms with van der Waals surface area (Å²) in [5.41, 5.74) is 0. The highest BCUT2D eigenvalue weighted by molar-refractivity contribution is 8.77. The Bertz CT molecular complexity index is 95.0. The predicted molar refractivity (Wildman–Crippen MR) is 52.1 cm³/mol. The molecule has 0 aromatic rings. The first kappa shape index (κ1) is 11.2. The molecule has 11 heavy (non-hydrogen) atoms. The Morgan fingerprint density at radius 3 is 2.09 bits per heavy atom. The summed E-state index contributed by atoms with van der Waals surface area (Å²) in [5.74, 6) is 2.05. The van der Waals surface area contributed by atoms with Crippen molar-refractivity contribution in [3.63, 3.8) is 0 Å². The van der Waals surface area contributed by atoms with Crippen LogP contribution >= 0.6 is 21.6 Å². The number of aliphatic carboxylic acids is 1. The average molecular weight is 194 g/mol. The van der Waals surface area contributed by atoms with Gasteiger partial charge in [-0.1, -0.05) is 28.5 Å². The van der Waals surface area contributed by atoms with Crippen molar-refractivity contribution in [2.75, 3.05) is 11.5 Å². The van der Waals surface area contributed by atoms with Gasteiger partial charge in [-0.05, 0) is 12.8 Å². The highest BCUT2D eigenvalue weighted by atomic mass is 33.1. The smallest absolute Gasteiger partial charge is 0.303 e. The lowest BCUT2D eigenvalue weighted by molar-refractivity contribution is -0.137. The lowest BCUT2D eigenvalue weighted by Gasteiger charge is -1.79. The Kier molecular flexibility index (Phi) is 8.40. The van der Waals surface area contributed by atoms with E-state index < -0.39 is 5.97 Å². The van der Waals surface area contributed by atoms with Gasteiger partial charge >= 0.3 is 5.97 Å². The van der Waals surface area contributed by atoms with Crippen molar-refractivity contribution in [1.29, 1.82) is 0 Å². The molecule has 0 aliphatic carbocycles.